The second kappa shape index (κ2) is 4.04. The molecule has 2 aliphatic rings. The van der Waals surface area contributed by atoms with E-state index in [0.29, 0.717) is 12.2 Å². The summed E-state index contributed by atoms with van der Waals surface area (Å²) in [6.45, 7) is 3.26. The van der Waals surface area contributed by atoms with Gasteiger partial charge in [0, 0.05) is 29.6 Å². The zero-order valence-corrected chi connectivity index (χ0v) is 8.21. The van der Waals surface area contributed by atoms with E-state index in [9.17, 15) is 0 Å². The van der Waals surface area contributed by atoms with E-state index in [-0.39, 0.29) is 29.6 Å². The Balaban J connectivity index is 0.000000500. The van der Waals surface area contributed by atoms with Gasteiger partial charge in [0.1, 0.15) is 12.2 Å². The van der Waals surface area contributed by atoms with Gasteiger partial charge in [0.15, 0.2) is 0 Å². The molecule has 1 radical (unpaired) electrons. The van der Waals surface area contributed by atoms with Crippen LogP contribution >= 0.6 is 0 Å². The molecule has 0 aliphatic carbocycles. The third-order valence-electron chi connectivity index (χ3n) is 1.41. The molecule has 0 bridgehead atoms. The number of epoxide rings is 2. The topological polar surface area (TPSA) is 34.3 Å². The summed E-state index contributed by atoms with van der Waals surface area (Å²) in [6.07, 6.45) is 0.785. The van der Waals surface area contributed by atoms with Crippen LogP contribution in [0.25, 0.3) is 0 Å². The van der Waals surface area contributed by atoms with Crippen LogP contribution in [0.4, 0.5) is 0 Å². The molecule has 0 aromatic heterocycles. The van der Waals surface area contributed by atoms with Gasteiger partial charge in [-0.1, -0.05) is 0 Å². The first kappa shape index (κ1) is 8.97. The number of ether oxygens (including phenoxy) is 3. The minimum atomic E-state index is 0. The van der Waals surface area contributed by atoms with Crippen molar-refractivity contribution < 1.29 is 14.2 Å². The molecule has 4 heteroatoms. The van der Waals surface area contributed by atoms with Crippen molar-refractivity contribution in [3.8, 4) is 0 Å². The van der Waals surface area contributed by atoms with Gasteiger partial charge in [-0.25, -0.2) is 0 Å². The molecule has 2 heterocycles. The molecule has 2 unspecified atom stereocenters. The summed E-state index contributed by atoms with van der Waals surface area (Å²) in [6, 6.07) is 0. The third-order valence-corrected chi connectivity index (χ3v) is 1.41. The molecule has 2 fully saturated rings. The van der Waals surface area contributed by atoms with E-state index in [0.717, 1.165) is 26.4 Å². The van der Waals surface area contributed by atoms with Crippen molar-refractivity contribution in [2.24, 2.45) is 0 Å². The summed E-state index contributed by atoms with van der Waals surface area (Å²) < 4.78 is 15.1. The Morgan fingerprint density at radius 3 is 1.80 bits per heavy atom. The Morgan fingerprint density at radius 2 is 1.50 bits per heavy atom. The van der Waals surface area contributed by atoms with E-state index in [1.165, 1.54) is 0 Å². The summed E-state index contributed by atoms with van der Waals surface area (Å²) in [4.78, 5) is 0. The van der Waals surface area contributed by atoms with Gasteiger partial charge in [-0.3, -0.25) is 0 Å². The Hall–Kier alpha value is 0.880. The Labute approximate surface area is 82.3 Å². The average molecular weight is 153 g/mol. The first-order valence-electron chi connectivity index (χ1n) is 3.26. The first-order chi connectivity index (χ1) is 4.45. The largest absolute Gasteiger partial charge is 0.376 e. The van der Waals surface area contributed by atoms with Crippen LogP contribution in [-0.4, -0.2) is 68.2 Å². The first-order valence-corrected chi connectivity index (χ1v) is 3.26. The fourth-order valence-corrected chi connectivity index (χ4v) is 0.659. The van der Waals surface area contributed by atoms with E-state index in [2.05, 4.69) is 0 Å². The van der Waals surface area contributed by atoms with Crippen molar-refractivity contribution in [2.75, 3.05) is 26.4 Å². The number of rotatable bonds is 4. The van der Waals surface area contributed by atoms with Gasteiger partial charge >= 0.3 is 0 Å². The maximum Gasteiger partial charge on any atom is 0.104 e. The molecule has 0 aromatic carbocycles. The minimum Gasteiger partial charge on any atom is -0.376 e. The van der Waals surface area contributed by atoms with E-state index < -0.39 is 0 Å². The normalized spacial score (nSPS) is 34.8. The van der Waals surface area contributed by atoms with Crippen molar-refractivity contribution in [2.45, 2.75) is 12.2 Å². The Morgan fingerprint density at radius 1 is 1.10 bits per heavy atom. The van der Waals surface area contributed by atoms with Crippen LogP contribution in [0.2, 0.25) is 0 Å². The summed E-state index contributed by atoms with van der Waals surface area (Å²) >= 11 is 0. The fourth-order valence-electron chi connectivity index (χ4n) is 0.659. The van der Waals surface area contributed by atoms with Crippen LogP contribution in [0.1, 0.15) is 0 Å². The van der Waals surface area contributed by atoms with Crippen LogP contribution in [0, 0.1) is 0 Å². The van der Waals surface area contributed by atoms with Gasteiger partial charge in [-0.15, -0.1) is 0 Å². The quantitative estimate of drug-likeness (QED) is 0.400. The van der Waals surface area contributed by atoms with Gasteiger partial charge in [-0.2, -0.15) is 0 Å². The zero-order chi connectivity index (χ0) is 6.10. The predicted octanol–water partition coefficient (Wildman–Crippen LogP) is -0.580. The number of hydrogen-bond acceptors (Lipinski definition) is 3. The third kappa shape index (κ3) is 3.32. The van der Waals surface area contributed by atoms with E-state index in [4.69, 9.17) is 14.2 Å². The Kier molecular flexibility index (Phi) is 3.63. The Bertz CT molecular complexity index is 89.2. The molecule has 0 saturated carbocycles. The summed E-state index contributed by atoms with van der Waals surface area (Å²) in [5.74, 6) is 0. The molecule has 2 atom stereocenters. The molecule has 3 nitrogen and oxygen atoms in total. The van der Waals surface area contributed by atoms with Crippen LogP contribution in [-0.2, 0) is 14.2 Å². The van der Waals surface area contributed by atoms with Crippen molar-refractivity contribution in [3.63, 3.8) is 0 Å². The molecule has 10 heavy (non-hydrogen) atoms. The van der Waals surface area contributed by atoms with Crippen molar-refractivity contribution in [3.05, 3.63) is 0 Å². The minimum absolute atomic E-state index is 0. The second-order valence-electron chi connectivity index (χ2n) is 2.45. The molecule has 0 spiro atoms. The molecule has 2 rings (SSSR count). The smallest absolute Gasteiger partial charge is 0.104 e. The summed E-state index contributed by atoms with van der Waals surface area (Å²) in [5, 5.41) is 0. The molecule has 0 N–H and O–H groups in total. The van der Waals surface area contributed by atoms with Gasteiger partial charge < -0.3 is 14.2 Å². The fraction of sp³-hybridized carbons (Fsp3) is 1.00. The van der Waals surface area contributed by atoms with E-state index in [1.807, 2.05) is 0 Å². The molecule has 0 amide bonds. The van der Waals surface area contributed by atoms with E-state index in [1.54, 1.807) is 0 Å². The molecular formula is C6H10NaO3. The van der Waals surface area contributed by atoms with Crippen LogP contribution in [0.15, 0.2) is 0 Å². The maximum atomic E-state index is 5.23. The monoisotopic (exact) mass is 153 g/mol. The van der Waals surface area contributed by atoms with Gasteiger partial charge in [-0.05, 0) is 0 Å². The van der Waals surface area contributed by atoms with Gasteiger partial charge in [0.2, 0.25) is 0 Å². The molecule has 2 saturated heterocycles. The van der Waals surface area contributed by atoms with E-state index >= 15 is 0 Å². The number of hydrogen-bond donors (Lipinski definition) is 0. The summed E-state index contributed by atoms with van der Waals surface area (Å²) in [7, 11) is 0. The SMILES string of the molecule is C(OCC1CO1)C1CO1.[Na]. The summed E-state index contributed by atoms with van der Waals surface area (Å²) in [5.41, 5.74) is 0. The van der Waals surface area contributed by atoms with Crippen LogP contribution in [0.3, 0.4) is 0 Å². The van der Waals surface area contributed by atoms with Crippen molar-refractivity contribution >= 4 is 29.6 Å². The van der Waals surface area contributed by atoms with Crippen molar-refractivity contribution in [1.82, 2.24) is 0 Å². The molecule has 2 aliphatic heterocycles. The van der Waals surface area contributed by atoms with Crippen LogP contribution < -0.4 is 0 Å². The van der Waals surface area contributed by atoms with Crippen LogP contribution in [0.5, 0.6) is 0 Å². The maximum absolute atomic E-state index is 5.23. The molecule has 53 valence electrons. The molecule has 0 aromatic rings. The predicted molar refractivity (Wildman–Crippen MR) is 36.1 cm³/mol. The van der Waals surface area contributed by atoms with Gasteiger partial charge in [0.25, 0.3) is 0 Å². The van der Waals surface area contributed by atoms with Gasteiger partial charge in [0.05, 0.1) is 26.4 Å². The standard InChI is InChI=1S/C6H10O3.Na/c1(5-3-8-5)7-2-6-4-9-6;/h5-6H,1-4H2;. The zero-order valence-electron chi connectivity index (χ0n) is 6.21. The average Bonchev–Trinajstić information content (AvgIpc) is 2.57. The second-order valence-corrected chi connectivity index (χ2v) is 2.45. The van der Waals surface area contributed by atoms with Crippen molar-refractivity contribution in [1.29, 1.82) is 0 Å². The molecular weight excluding hydrogens is 143 g/mol.